The van der Waals surface area contributed by atoms with Gasteiger partial charge in [0.05, 0.1) is 13.1 Å². The van der Waals surface area contributed by atoms with E-state index in [0.717, 1.165) is 34.9 Å². The molecule has 0 bridgehead atoms. The summed E-state index contributed by atoms with van der Waals surface area (Å²) in [7, 11) is 0. The highest BCUT2D eigenvalue weighted by atomic mass is 16.6. The second-order valence-corrected chi connectivity index (χ2v) is 8.93. The molecule has 8 heteroatoms. The average Bonchev–Trinajstić information content (AvgIpc) is 3.43. The molecule has 168 valence electrons. The number of hydrogen-bond acceptors (Lipinski definition) is 5. The number of benzene rings is 1. The fourth-order valence-electron chi connectivity index (χ4n) is 5.09. The molecule has 32 heavy (non-hydrogen) atoms. The van der Waals surface area contributed by atoms with Crippen LogP contribution in [0.15, 0.2) is 30.3 Å². The van der Waals surface area contributed by atoms with Crippen LogP contribution in [-0.2, 0) is 11.3 Å². The average molecular weight is 437 g/mol. The van der Waals surface area contributed by atoms with Gasteiger partial charge in [-0.15, -0.1) is 0 Å². The third-order valence-electron chi connectivity index (χ3n) is 6.83. The third-order valence-corrected chi connectivity index (χ3v) is 6.83. The molecule has 3 aliphatic rings. The Hall–Kier alpha value is -3.29. The first-order chi connectivity index (χ1) is 15.4. The van der Waals surface area contributed by atoms with Crippen molar-refractivity contribution in [1.29, 1.82) is 0 Å². The summed E-state index contributed by atoms with van der Waals surface area (Å²) in [6.45, 7) is 4.52. The topological polar surface area (TPSA) is 89.9 Å². The van der Waals surface area contributed by atoms with E-state index in [1.807, 2.05) is 48.7 Å². The lowest BCUT2D eigenvalue weighted by molar-refractivity contribution is -0.130. The highest BCUT2D eigenvalue weighted by Crippen LogP contribution is 2.35. The van der Waals surface area contributed by atoms with E-state index in [0.29, 0.717) is 37.3 Å². The van der Waals surface area contributed by atoms with Crippen molar-refractivity contribution < 1.29 is 23.9 Å². The highest BCUT2D eigenvalue weighted by Gasteiger charge is 2.52. The van der Waals surface area contributed by atoms with E-state index in [4.69, 9.17) is 9.47 Å². The van der Waals surface area contributed by atoms with Crippen LogP contribution in [0, 0.1) is 13.8 Å². The first kappa shape index (κ1) is 20.6. The Bertz CT molecular complexity index is 1100. The van der Waals surface area contributed by atoms with Gasteiger partial charge in [0.1, 0.15) is 12.1 Å². The lowest BCUT2D eigenvalue weighted by Crippen LogP contribution is -2.44. The number of Topliss-reactive ketones (excluding diaryl/α,β-unsaturated/α-hetero) is 1. The number of fused-ring (bicyclic) bond motifs is 1. The second kappa shape index (κ2) is 7.69. The van der Waals surface area contributed by atoms with E-state index in [1.165, 1.54) is 0 Å². The van der Waals surface area contributed by atoms with Crippen molar-refractivity contribution in [2.45, 2.75) is 57.7 Å². The predicted octanol–water partition coefficient (Wildman–Crippen LogP) is 2.99. The lowest BCUT2D eigenvalue weighted by atomic mass is 9.98. The summed E-state index contributed by atoms with van der Waals surface area (Å²) in [5.41, 5.74) is 1.42. The summed E-state index contributed by atoms with van der Waals surface area (Å²) in [6.07, 6.45) is 2.91. The fourth-order valence-corrected chi connectivity index (χ4v) is 5.09. The van der Waals surface area contributed by atoms with E-state index in [9.17, 15) is 14.4 Å². The predicted molar refractivity (Wildman–Crippen MR) is 116 cm³/mol. The number of urea groups is 1. The molecule has 1 atom stereocenters. The van der Waals surface area contributed by atoms with Crippen molar-refractivity contribution in [1.82, 2.24) is 14.8 Å². The van der Waals surface area contributed by atoms with Gasteiger partial charge >= 0.3 is 6.03 Å². The summed E-state index contributed by atoms with van der Waals surface area (Å²) in [6, 6.07) is 8.91. The zero-order valence-corrected chi connectivity index (χ0v) is 18.3. The molecule has 5 rings (SSSR count). The summed E-state index contributed by atoms with van der Waals surface area (Å²) in [5, 5.41) is 2.83. The minimum Gasteiger partial charge on any atom is -0.486 e. The van der Waals surface area contributed by atoms with E-state index >= 15 is 0 Å². The van der Waals surface area contributed by atoms with Crippen LogP contribution in [0.25, 0.3) is 0 Å². The number of rotatable bonds is 5. The highest BCUT2D eigenvalue weighted by molar-refractivity contribution is 6.11. The Labute approximate surface area is 186 Å². The van der Waals surface area contributed by atoms with Crippen LogP contribution in [0.3, 0.4) is 0 Å². The molecule has 8 nitrogen and oxygen atoms in total. The molecule has 2 fully saturated rings. The minimum atomic E-state index is -0.803. The SMILES string of the molecule is Cc1cc(C(=O)CN2C(=O)NC3(CCCC3)C2=O)c(C)n1CC1COc2ccccc2O1. The van der Waals surface area contributed by atoms with Crippen LogP contribution in [0.5, 0.6) is 11.5 Å². The maximum Gasteiger partial charge on any atom is 0.325 e. The number of aryl methyl sites for hydroxylation is 1. The molecule has 1 unspecified atom stereocenters. The Kier molecular flexibility index (Phi) is 4.95. The number of aromatic nitrogens is 1. The van der Waals surface area contributed by atoms with Gasteiger partial charge in [-0.05, 0) is 44.9 Å². The summed E-state index contributed by atoms with van der Waals surface area (Å²) < 4.78 is 13.9. The normalized spacial score (nSPS) is 21.3. The zero-order chi connectivity index (χ0) is 22.5. The Morgan fingerprint density at radius 2 is 1.88 bits per heavy atom. The van der Waals surface area contributed by atoms with Gasteiger partial charge in [-0.25, -0.2) is 4.79 Å². The molecule has 1 saturated heterocycles. The van der Waals surface area contributed by atoms with Crippen molar-refractivity contribution in [3.05, 3.63) is 47.3 Å². The first-order valence-electron chi connectivity index (χ1n) is 11.1. The second-order valence-electron chi connectivity index (χ2n) is 8.93. The zero-order valence-electron chi connectivity index (χ0n) is 18.3. The molecular formula is C24H27N3O5. The van der Waals surface area contributed by atoms with Gasteiger partial charge in [0.15, 0.2) is 23.4 Å². The number of amides is 3. The van der Waals surface area contributed by atoms with Crippen LogP contribution >= 0.6 is 0 Å². The molecule has 0 radical (unpaired) electrons. The van der Waals surface area contributed by atoms with E-state index < -0.39 is 11.6 Å². The Morgan fingerprint density at radius 3 is 2.62 bits per heavy atom. The number of nitrogens with one attached hydrogen (secondary N) is 1. The molecule has 1 aliphatic carbocycles. The standard InChI is InChI=1S/C24H27N3O5/c1-15-11-18(19(28)13-27-22(29)24(25-23(27)30)9-5-6-10-24)16(2)26(15)12-17-14-31-20-7-3-4-8-21(20)32-17/h3-4,7-8,11,17H,5-6,9-10,12-14H2,1-2H3,(H,25,30). The van der Waals surface area contributed by atoms with Crippen molar-refractivity contribution in [3.63, 3.8) is 0 Å². The van der Waals surface area contributed by atoms with Crippen molar-refractivity contribution in [2.24, 2.45) is 0 Å². The number of carbonyl (C=O) groups excluding carboxylic acids is 3. The largest absolute Gasteiger partial charge is 0.486 e. The minimum absolute atomic E-state index is 0.189. The van der Waals surface area contributed by atoms with Crippen LogP contribution in [-0.4, -0.2) is 52.0 Å². The molecule has 1 aromatic carbocycles. The summed E-state index contributed by atoms with van der Waals surface area (Å²) in [4.78, 5) is 39.5. The number of ether oxygens (including phenoxy) is 2. The van der Waals surface area contributed by atoms with Gasteiger partial charge < -0.3 is 19.4 Å². The molecule has 3 heterocycles. The van der Waals surface area contributed by atoms with Crippen molar-refractivity contribution in [2.75, 3.05) is 13.2 Å². The Balaban J connectivity index is 1.30. The van der Waals surface area contributed by atoms with Crippen LogP contribution in [0.2, 0.25) is 0 Å². The number of nitrogens with zero attached hydrogens (tertiary/aromatic N) is 2. The van der Waals surface area contributed by atoms with E-state index in [1.54, 1.807) is 0 Å². The van der Waals surface area contributed by atoms with Gasteiger partial charge in [-0.2, -0.15) is 0 Å². The van der Waals surface area contributed by atoms with Crippen LogP contribution < -0.4 is 14.8 Å². The summed E-state index contributed by atoms with van der Waals surface area (Å²) in [5.74, 6) is 0.929. The van der Waals surface area contributed by atoms with Crippen molar-refractivity contribution in [3.8, 4) is 11.5 Å². The van der Waals surface area contributed by atoms with E-state index in [-0.39, 0.29) is 24.3 Å². The van der Waals surface area contributed by atoms with Gasteiger partial charge in [0, 0.05) is 17.0 Å². The van der Waals surface area contributed by atoms with Crippen molar-refractivity contribution >= 4 is 17.7 Å². The monoisotopic (exact) mass is 437 g/mol. The third kappa shape index (κ3) is 3.34. The fraction of sp³-hybridized carbons (Fsp3) is 0.458. The van der Waals surface area contributed by atoms with Gasteiger partial charge in [-0.3, -0.25) is 14.5 Å². The number of imide groups is 1. The van der Waals surface area contributed by atoms with Crippen LogP contribution in [0.1, 0.15) is 47.4 Å². The smallest absolute Gasteiger partial charge is 0.325 e. The van der Waals surface area contributed by atoms with Gasteiger partial charge in [0.25, 0.3) is 5.91 Å². The van der Waals surface area contributed by atoms with Crippen LogP contribution in [0.4, 0.5) is 4.79 Å². The maximum atomic E-state index is 13.1. The molecule has 2 aliphatic heterocycles. The quantitative estimate of drug-likeness (QED) is 0.574. The number of hydrogen-bond donors (Lipinski definition) is 1. The number of para-hydroxylation sites is 2. The molecule has 1 spiro atoms. The van der Waals surface area contributed by atoms with E-state index in [2.05, 4.69) is 5.32 Å². The maximum absolute atomic E-state index is 13.1. The summed E-state index contributed by atoms with van der Waals surface area (Å²) >= 11 is 0. The molecule has 3 amide bonds. The molecule has 1 N–H and O–H groups in total. The molecule has 1 aromatic heterocycles. The lowest BCUT2D eigenvalue weighted by Gasteiger charge is -2.27. The molecule has 1 saturated carbocycles. The Morgan fingerprint density at radius 1 is 1.16 bits per heavy atom. The molecule has 2 aromatic rings. The number of ketones is 1. The number of carbonyl (C=O) groups is 3. The van der Waals surface area contributed by atoms with Gasteiger partial charge in [-0.1, -0.05) is 25.0 Å². The molecular weight excluding hydrogens is 410 g/mol. The van der Waals surface area contributed by atoms with Gasteiger partial charge in [0.2, 0.25) is 0 Å². The first-order valence-corrected chi connectivity index (χ1v) is 11.1.